The third-order valence-electron chi connectivity index (χ3n) is 3.07. The molecule has 6 heteroatoms. The van der Waals surface area contributed by atoms with Crippen molar-refractivity contribution in [3.05, 3.63) is 46.7 Å². The van der Waals surface area contributed by atoms with E-state index in [2.05, 4.69) is 22.6 Å². The van der Waals surface area contributed by atoms with Crippen molar-refractivity contribution in [2.24, 2.45) is 0 Å². The van der Waals surface area contributed by atoms with Gasteiger partial charge in [-0.2, -0.15) is 5.56 Å². The van der Waals surface area contributed by atoms with Gasteiger partial charge in [-0.05, 0) is 5.41 Å². The molecule has 22 heavy (non-hydrogen) atoms. The van der Waals surface area contributed by atoms with Crippen molar-refractivity contribution in [2.75, 3.05) is 5.32 Å². The molecule has 0 fully saturated rings. The van der Waals surface area contributed by atoms with Crippen LogP contribution in [0.4, 0.5) is 5.82 Å². The second kappa shape index (κ2) is 8.44. The van der Waals surface area contributed by atoms with Crippen LogP contribution in [0, 0.1) is 26.0 Å². The number of carbonyl (C=O) groups is 1. The van der Waals surface area contributed by atoms with E-state index in [9.17, 15) is 4.79 Å². The third-order valence-corrected chi connectivity index (χ3v) is 3.07. The molecule has 1 aromatic carbocycles. The molecule has 1 amide bonds. The Labute approximate surface area is 168 Å². The van der Waals surface area contributed by atoms with E-state index < -0.39 is 0 Å². The van der Waals surface area contributed by atoms with Crippen LogP contribution >= 0.6 is 0 Å². The van der Waals surface area contributed by atoms with Crippen LogP contribution in [0.5, 0.6) is 0 Å². The van der Waals surface area contributed by atoms with Crippen molar-refractivity contribution in [1.82, 2.24) is 5.16 Å². The number of carbonyl (C=O) groups excluding carboxylic acids is 1. The molecule has 0 aliphatic carbocycles. The molecule has 0 saturated carbocycles. The van der Waals surface area contributed by atoms with Gasteiger partial charge in [0.1, 0.15) is 12.2 Å². The number of benzene rings is 1. The smallest absolute Gasteiger partial charge is 0.178 e. The molecule has 0 unspecified atom stereocenters. The summed E-state index contributed by atoms with van der Waals surface area (Å²) in [5.74, 6) is 0.233. The van der Waals surface area contributed by atoms with E-state index in [4.69, 9.17) is 4.52 Å². The summed E-state index contributed by atoms with van der Waals surface area (Å²) in [5.41, 5.74) is 2.93. The number of aryl methyl sites for hydroxylation is 2. The molecule has 2 radical (unpaired) electrons. The minimum absolute atomic E-state index is 0. The largest absolute Gasteiger partial charge is 0.362 e. The first-order valence-corrected chi connectivity index (χ1v) is 6.46. The Hall–Kier alpha value is -0.412. The topological polar surface area (TPSA) is 55.1 Å². The molecule has 1 aromatic heterocycles. The average molecular weight is 410 g/mol. The molecule has 2 aromatic rings. The Kier molecular flexibility index (Phi) is 8.29. The van der Waals surface area contributed by atoms with Gasteiger partial charge in [-0.3, -0.25) is 22.0 Å². The van der Waals surface area contributed by atoms with Gasteiger partial charge in [-0.15, -0.1) is 0 Å². The maximum atomic E-state index is 12.3. The zero-order chi connectivity index (χ0) is 14.9. The fourth-order valence-corrected chi connectivity index (χ4v) is 1.94. The molecule has 0 spiro atoms. The molecular formula is C16H18N2O2VY-2. The number of hydrogen-bond acceptors (Lipinski definition) is 3. The summed E-state index contributed by atoms with van der Waals surface area (Å²) in [5, 5.41) is 6.66. The van der Waals surface area contributed by atoms with Gasteiger partial charge in [0.25, 0.3) is 0 Å². The monoisotopic (exact) mass is 410 g/mol. The molecule has 0 saturated heterocycles. The summed E-state index contributed by atoms with van der Waals surface area (Å²) >= 11 is 0. The predicted octanol–water partition coefficient (Wildman–Crippen LogP) is 3.44. The van der Waals surface area contributed by atoms with Gasteiger partial charge < -0.3 is 22.0 Å². The first kappa shape index (κ1) is 21.6. The van der Waals surface area contributed by atoms with Crippen molar-refractivity contribution < 1.29 is 60.6 Å². The molecule has 0 atom stereocenters. The number of anilines is 1. The van der Waals surface area contributed by atoms with Gasteiger partial charge in [0.15, 0.2) is 5.82 Å². The fraction of sp³-hybridized carbons (Fsp3) is 0.375. The summed E-state index contributed by atoms with van der Waals surface area (Å²) in [4.78, 5) is 12.3. The summed E-state index contributed by atoms with van der Waals surface area (Å²) in [6.07, 6.45) is 1.57. The molecule has 114 valence electrons. The maximum absolute atomic E-state index is 12.3. The molecule has 2 rings (SSSR count). The van der Waals surface area contributed by atoms with Gasteiger partial charge in [0.05, 0.1) is 0 Å². The van der Waals surface area contributed by atoms with E-state index in [-0.39, 0.29) is 62.6 Å². The molecule has 4 nitrogen and oxygen atoms in total. The normalized spacial score (nSPS) is 10.4. The Bertz CT molecular complexity index is 648. The van der Waals surface area contributed by atoms with Crippen LogP contribution in [0.25, 0.3) is 0 Å². The molecular weight excluding hydrogens is 392 g/mol. The van der Waals surface area contributed by atoms with E-state index in [1.807, 2.05) is 34.6 Å². The van der Waals surface area contributed by atoms with E-state index in [1.165, 1.54) is 0 Å². The van der Waals surface area contributed by atoms with Crippen LogP contribution in [0.3, 0.4) is 0 Å². The van der Waals surface area contributed by atoms with Gasteiger partial charge >= 0.3 is 0 Å². The number of hydrogen-bond donors (Lipinski definition) is 1. The third kappa shape index (κ3) is 5.06. The van der Waals surface area contributed by atoms with E-state index >= 15 is 0 Å². The molecule has 1 heterocycles. The van der Waals surface area contributed by atoms with E-state index in [0.717, 1.165) is 16.7 Å². The number of amides is 1. The van der Waals surface area contributed by atoms with Crippen LogP contribution in [-0.4, -0.2) is 11.1 Å². The van der Waals surface area contributed by atoms with Gasteiger partial charge in [-0.1, -0.05) is 39.8 Å². The average Bonchev–Trinajstić information content (AvgIpc) is 2.76. The van der Waals surface area contributed by atoms with Crippen LogP contribution < -0.4 is 5.32 Å². The Morgan fingerprint density at radius 3 is 2.50 bits per heavy atom. The second-order valence-electron chi connectivity index (χ2n) is 5.86. The fourth-order valence-electron chi connectivity index (χ4n) is 1.94. The summed E-state index contributed by atoms with van der Waals surface area (Å²) < 4.78 is 4.98. The first-order chi connectivity index (χ1) is 9.29. The molecule has 1 N–H and O–H groups in total. The standard InChI is InChI=1S/C16H18N2O2.V.Y/c1-10-6-7-12(11(2)8-10)15(19)17-14-13(9-20-18-14)16(3,4)5;;/h7,9H,1-5H3,(H,17,18,19);;/q-2;;. The van der Waals surface area contributed by atoms with Crippen LogP contribution in [-0.2, 0) is 56.7 Å². The van der Waals surface area contributed by atoms with Crippen molar-refractivity contribution in [3.8, 4) is 0 Å². The Morgan fingerprint density at radius 2 is 1.95 bits per heavy atom. The quantitative estimate of drug-likeness (QED) is 0.773. The van der Waals surface area contributed by atoms with Crippen molar-refractivity contribution in [1.29, 1.82) is 0 Å². The predicted molar refractivity (Wildman–Crippen MR) is 76.7 cm³/mol. The minimum Gasteiger partial charge on any atom is -0.362 e. The SMILES string of the molecule is Cc1[c-]cc(C(=O)Nc2nocc2C(C)(C)C)c(C)[c-]1.[V].[Y]. The summed E-state index contributed by atoms with van der Waals surface area (Å²) in [6.45, 7) is 9.85. The summed E-state index contributed by atoms with van der Waals surface area (Å²) in [7, 11) is 0. The zero-order valence-electron chi connectivity index (χ0n) is 13.4. The van der Waals surface area contributed by atoms with Gasteiger partial charge in [0.2, 0.25) is 0 Å². The van der Waals surface area contributed by atoms with E-state index in [0.29, 0.717) is 11.4 Å². The van der Waals surface area contributed by atoms with Crippen LogP contribution in [0.1, 0.15) is 47.8 Å². The van der Waals surface area contributed by atoms with E-state index in [1.54, 1.807) is 12.3 Å². The van der Waals surface area contributed by atoms with Crippen molar-refractivity contribution >= 4 is 11.7 Å². The molecule has 0 aliphatic rings. The number of rotatable bonds is 2. The zero-order valence-corrected chi connectivity index (χ0v) is 17.7. The Balaban J connectivity index is 0.00000220. The van der Waals surface area contributed by atoms with Crippen molar-refractivity contribution in [2.45, 2.75) is 40.0 Å². The second-order valence-corrected chi connectivity index (χ2v) is 5.86. The van der Waals surface area contributed by atoms with Crippen LogP contribution in [0.15, 0.2) is 16.9 Å². The summed E-state index contributed by atoms with van der Waals surface area (Å²) in [6, 6.07) is 7.74. The Morgan fingerprint density at radius 1 is 1.32 bits per heavy atom. The molecule has 0 bridgehead atoms. The minimum atomic E-state index is -0.227. The maximum Gasteiger partial charge on any atom is 0.178 e. The molecule has 0 aliphatic heterocycles. The van der Waals surface area contributed by atoms with Gasteiger partial charge in [-0.25, -0.2) is 0 Å². The number of aromatic nitrogens is 1. The number of nitrogens with zero attached hydrogens (tertiary/aromatic N) is 1. The number of nitrogens with one attached hydrogen (secondary N) is 1. The van der Waals surface area contributed by atoms with Crippen molar-refractivity contribution in [3.63, 3.8) is 0 Å². The van der Waals surface area contributed by atoms with Crippen LogP contribution in [0.2, 0.25) is 0 Å². The first-order valence-electron chi connectivity index (χ1n) is 6.46. The van der Waals surface area contributed by atoms with Gasteiger partial charge in [0, 0.05) is 56.8 Å².